The highest BCUT2D eigenvalue weighted by atomic mass is 16.5. The molecule has 0 aliphatic rings. The number of carboxylic acid groups (broad SMARTS) is 1. The summed E-state index contributed by atoms with van der Waals surface area (Å²) in [6.45, 7) is 5.70. The molecule has 1 rings (SSSR count). The number of ether oxygens (including phenoxy) is 1. The van der Waals surface area contributed by atoms with Crippen molar-refractivity contribution in [3.63, 3.8) is 0 Å². The molecule has 0 fully saturated rings. The zero-order chi connectivity index (χ0) is 13.7. The molecule has 4 nitrogen and oxygen atoms in total. The first kappa shape index (κ1) is 14.5. The largest absolute Gasteiger partial charge is 0.493 e. The van der Waals surface area contributed by atoms with Gasteiger partial charge in [0.1, 0.15) is 5.75 Å². The van der Waals surface area contributed by atoms with Gasteiger partial charge in [0.15, 0.2) is 0 Å². The molecular formula is C14H20O4. The van der Waals surface area contributed by atoms with Crippen LogP contribution in [0.25, 0.3) is 0 Å². The number of aliphatic hydroxyl groups excluding tert-OH is 1. The summed E-state index contributed by atoms with van der Waals surface area (Å²) in [5, 5.41) is 19.3. The van der Waals surface area contributed by atoms with Crippen LogP contribution in [0.15, 0.2) is 24.3 Å². The lowest BCUT2D eigenvalue weighted by Gasteiger charge is -2.24. The summed E-state index contributed by atoms with van der Waals surface area (Å²) in [6.07, 6.45) is -0.848. The highest BCUT2D eigenvalue weighted by Gasteiger charge is 2.28. The summed E-state index contributed by atoms with van der Waals surface area (Å²) in [5.74, 6) is -1.30. The smallest absolute Gasteiger partial charge is 0.306 e. The first-order valence-electron chi connectivity index (χ1n) is 6.11. The van der Waals surface area contributed by atoms with E-state index in [4.69, 9.17) is 9.84 Å². The standard InChI is InChI=1S/C14H20O4/c1-4-18-12-8-6-5-7-11(12)13(15)9(2)10(3)14(16)17/h5-10,13,15H,4H2,1-3H3,(H,16,17). The number of hydrogen-bond acceptors (Lipinski definition) is 3. The predicted octanol–water partition coefficient (Wildman–Crippen LogP) is 2.48. The van der Waals surface area contributed by atoms with Crippen molar-refractivity contribution in [1.29, 1.82) is 0 Å². The summed E-state index contributed by atoms with van der Waals surface area (Å²) in [6, 6.07) is 7.17. The molecule has 100 valence electrons. The van der Waals surface area contributed by atoms with Crippen molar-refractivity contribution < 1.29 is 19.7 Å². The minimum Gasteiger partial charge on any atom is -0.493 e. The molecule has 0 saturated heterocycles. The van der Waals surface area contributed by atoms with E-state index in [1.54, 1.807) is 32.0 Å². The molecule has 1 aromatic rings. The molecule has 0 aromatic heterocycles. The van der Waals surface area contributed by atoms with Crippen LogP contribution in [0.3, 0.4) is 0 Å². The van der Waals surface area contributed by atoms with Gasteiger partial charge in [0.05, 0.1) is 18.6 Å². The first-order valence-corrected chi connectivity index (χ1v) is 6.11. The molecular weight excluding hydrogens is 232 g/mol. The fraction of sp³-hybridized carbons (Fsp3) is 0.500. The van der Waals surface area contributed by atoms with Crippen molar-refractivity contribution in [1.82, 2.24) is 0 Å². The van der Waals surface area contributed by atoms with E-state index in [2.05, 4.69) is 0 Å². The van der Waals surface area contributed by atoms with Crippen molar-refractivity contribution in [3.8, 4) is 5.75 Å². The fourth-order valence-corrected chi connectivity index (χ4v) is 1.79. The van der Waals surface area contributed by atoms with E-state index in [-0.39, 0.29) is 5.92 Å². The lowest BCUT2D eigenvalue weighted by atomic mass is 9.87. The molecule has 18 heavy (non-hydrogen) atoms. The molecule has 0 radical (unpaired) electrons. The van der Waals surface area contributed by atoms with Crippen molar-refractivity contribution in [2.24, 2.45) is 11.8 Å². The highest BCUT2D eigenvalue weighted by Crippen LogP contribution is 2.33. The van der Waals surface area contributed by atoms with Crippen LogP contribution in [0.5, 0.6) is 5.75 Å². The van der Waals surface area contributed by atoms with Crippen LogP contribution in [0, 0.1) is 11.8 Å². The Morgan fingerprint density at radius 1 is 1.33 bits per heavy atom. The number of rotatable bonds is 6. The number of para-hydroxylation sites is 1. The van der Waals surface area contributed by atoms with E-state index in [1.807, 2.05) is 13.0 Å². The van der Waals surface area contributed by atoms with E-state index in [9.17, 15) is 9.90 Å². The Labute approximate surface area is 107 Å². The molecule has 3 unspecified atom stereocenters. The molecule has 0 heterocycles. The number of carbonyl (C=O) groups is 1. The number of carboxylic acids is 1. The lowest BCUT2D eigenvalue weighted by molar-refractivity contribution is -0.144. The predicted molar refractivity (Wildman–Crippen MR) is 68.5 cm³/mol. The molecule has 3 atom stereocenters. The molecule has 0 aliphatic carbocycles. The lowest BCUT2D eigenvalue weighted by Crippen LogP contribution is -2.24. The van der Waals surface area contributed by atoms with Gasteiger partial charge in [-0.3, -0.25) is 4.79 Å². The van der Waals surface area contributed by atoms with Gasteiger partial charge in [0, 0.05) is 5.56 Å². The van der Waals surface area contributed by atoms with Crippen LogP contribution >= 0.6 is 0 Å². The third-order valence-corrected chi connectivity index (χ3v) is 3.21. The maximum atomic E-state index is 10.9. The maximum absolute atomic E-state index is 10.9. The Kier molecular flexibility index (Phi) is 5.16. The van der Waals surface area contributed by atoms with Gasteiger partial charge in [-0.05, 0) is 18.9 Å². The molecule has 4 heteroatoms. The Hall–Kier alpha value is -1.55. The molecule has 0 saturated carbocycles. The molecule has 0 amide bonds. The number of aliphatic carboxylic acids is 1. The average Bonchev–Trinajstić information content (AvgIpc) is 2.37. The van der Waals surface area contributed by atoms with Gasteiger partial charge in [0.2, 0.25) is 0 Å². The normalized spacial score (nSPS) is 15.8. The van der Waals surface area contributed by atoms with E-state index < -0.39 is 18.0 Å². The Morgan fingerprint density at radius 2 is 1.94 bits per heavy atom. The molecule has 1 aromatic carbocycles. The fourth-order valence-electron chi connectivity index (χ4n) is 1.79. The van der Waals surface area contributed by atoms with Crippen LogP contribution in [-0.2, 0) is 4.79 Å². The average molecular weight is 252 g/mol. The van der Waals surface area contributed by atoms with E-state index in [0.717, 1.165) is 0 Å². The van der Waals surface area contributed by atoms with E-state index in [0.29, 0.717) is 17.9 Å². The summed E-state index contributed by atoms with van der Waals surface area (Å²) < 4.78 is 5.44. The van der Waals surface area contributed by atoms with Crippen LogP contribution in [0.4, 0.5) is 0 Å². The van der Waals surface area contributed by atoms with Gasteiger partial charge in [0.25, 0.3) is 0 Å². The van der Waals surface area contributed by atoms with Gasteiger partial charge < -0.3 is 14.9 Å². The zero-order valence-electron chi connectivity index (χ0n) is 11.0. The third kappa shape index (κ3) is 3.23. The number of benzene rings is 1. The first-order chi connectivity index (χ1) is 8.49. The summed E-state index contributed by atoms with van der Waals surface area (Å²) in [5.41, 5.74) is 0.639. The minimum atomic E-state index is -0.907. The molecule has 2 N–H and O–H groups in total. The van der Waals surface area contributed by atoms with E-state index >= 15 is 0 Å². The Morgan fingerprint density at radius 3 is 2.50 bits per heavy atom. The maximum Gasteiger partial charge on any atom is 0.306 e. The van der Waals surface area contributed by atoms with Gasteiger partial charge in [-0.2, -0.15) is 0 Å². The number of aliphatic hydroxyl groups is 1. The highest BCUT2D eigenvalue weighted by molar-refractivity contribution is 5.70. The second kappa shape index (κ2) is 6.40. The SMILES string of the molecule is CCOc1ccccc1C(O)C(C)C(C)C(=O)O. The third-order valence-electron chi connectivity index (χ3n) is 3.21. The van der Waals surface area contributed by atoms with Crippen molar-refractivity contribution in [2.75, 3.05) is 6.61 Å². The zero-order valence-corrected chi connectivity index (χ0v) is 11.0. The van der Waals surface area contributed by atoms with Gasteiger partial charge in [-0.15, -0.1) is 0 Å². The summed E-state index contributed by atoms with van der Waals surface area (Å²) in [7, 11) is 0. The van der Waals surface area contributed by atoms with Crippen LogP contribution < -0.4 is 4.74 Å². The van der Waals surface area contributed by atoms with Crippen molar-refractivity contribution in [2.45, 2.75) is 26.9 Å². The van der Waals surface area contributed by atoms with E-state index in [1.165, 1.54) is 0 Å². The van der Waals surface area contributed by atoms with Crippen LogP contribution in [-0.4, -0.2) is 22.8 Å². The second-order valence-corrected chi connectivity index (χ2v) is 4.40. The van der Waals surface area contributed by atoms with Crippen LogP contribution in [0.1, 0.15) is 32.4 Å². The molecule has 0 bridgehead atoms. The van der Waals surface area contributed by atoms with Crippen molar-refractivity contribution in [3.05, 3.63) is 29.8 Å². The summed E-state index contributed by atoms with van der Waals surface area (Å²) >= 11 is 0. The monoisotopic (exact) mass is 252 g/mol. The number of hydrogen-bond donors (Lipinski definition) is 2. The quantitative estimate of drug-likeness (QED) is 0.816. The van der Waals surface area contributed by atoms with Gasteiger partial charge in [-0.25, -0.2) is 0 Å². The topological polar surface area (TPSA) is 66.8 Å². The van der Waals surface area contributed by atoms with Crippen molar-refractivity contribution >= 4 is 5.97 Å². The molecule has 0 aliphatic heterocycles. The second-order valence-electron chi connectivity index (χ2n) is 4.40. The van der Waals surface area contributed by atoms with Crippen LogP contribution in [0.2, 0.25) is 0 Å². The van der Waals surface area contributed by atoms with Gasteiger partial charge >= 0.3 is 5.97 Å². The summed E-state index contributed by atoms with van der Waals surface area (Å²) in [4.78, 5) is 10.9. The molecule has 0 spiro atoms. The minimum absolute atomic E-state index is 0.385. The Balaban J connectivity index is 2.95. The Bertz CT molecular complexity index is 403. The van der Waals surface area contributed by atoms with Gasteiger partial charge in [-0.1, -0.05) is 32.0 Å².